The predicted octanol–water partition coefficient (Wildman–Crippen LogP) is 1.88. The molecule has 0 aliphatic carbocycles. The zero-order valence-electron chi connectivity index (χ0n) is 12.8. The van der Waals surface area contributed by atoms with Gasteiger partial charge in [-0.15, -0.1) is 0 Å². The number of rotatable bonds is 3. The van der Waals surface area contributed by atoms with Crippen molar-refractivity contribution in [2.75, 3.05) is 5.32 Å². The lowest BCUT2D eigenvalue weighted by molar-refractivity contribution is -0.116. The second-order valence-corrected chi connectivity index (χ2v) is 5.28. The van der Waals surface area contributed by atoms with E-state index in [9.17, 15) is 31.9 Å². The molecule has 3 aromatic rings. The van der Waals surface area contributed by atoms with Crippen LogP contribution in [0.4, 0.5) is 23.2 Å². The van der Waals surface area contributed by atoms with Gasteiger partial charge >= 0.3 is 11.1 Å². The molecule has 0 saturated carbocycles. The number of hydrogen-bond donors (Lipinski definition) is 2. The Morgan fingerprint density at radius 2 is 1.77 bits per heavy atom. The van der Waals surface area contributed by atoms with E-state index in [-0.39, 0.29) is 11.0 Å². The van der Waals surface area contributed by atoms with Gasteiger partial charge in [0.1, 0.15) is 12.4 Å². The van der Waals surface area contributed by atoms with E-state index in [0.29, 0.717) is 6.07 Å². The first kappa shape index (κ1) is 17.4. The van der Waals surface area contributed by atoms with Crippen LogP contribution in [0.3, 0.4) is 0 Å². The zero-order chi connectivity index (χ0) is 19.0. The summed E-state index contributed by atoms with van der Waals surface area (Å²) in [5.41, 5.74) is -2.79. The summed E-state index contributed by atoms with van der Waals surface area (Å²) in [5.74, 6) is -6.46. The van der Waals surface area contributed by atoms with Gasteiger partial charge in [-0.2, -0.15) is 0 Å². The van der Waals surface area contributed by atoms with Crippen LogP contribution in [0.1, 0.15) is 0 Å². The van der Waals surface area contributed by atoms with Crippen molar-refractivity contribution in [3.63, 3.8) is 0 Å². The maximum absolute atomic E-state index is 13.6. The van der Waals surface area contributed by atoms with Gasteiger partial charge in [-0.3, -0.25) is 19.0 Å². The molecule has 0 atom stereocenters. The summed E-state index contributed by atoms with van der Waals surface area (Å²) in [4.78, 5) is 37.9. The Labute approximate surface area is 141 Å². The number of aromatic nitrogens is 2. The highest BCUT2D eigenvalue weighted by Crippen LogP contribution is 2.19. The lowest BCUT2D eigenvalue weighted by Crippen LogP contribution is -2.38. The number of fused-ring (bicyclic) bond motifs is 1. The van der Waals surface area contributed by atoms with Gasteiger partial charge in [0, 0.05) is 0 Å². The van der Waals surface area contributed by atoms with Crippen molar-refractivity contribution in [1.82, 2.24) is 9.55 Å². The summed E-state index contributed by atoms with van der Waals surface area (Å²) >= 11 is 0. The summed E-state index contributed by atoms with van der Waals surface area (Å²) in [6.45, 7) is -0.733. The van der Waals surface area contributed by atoms with E-state index >= 15 is 0 Å². The van der Waals surface area contributed by atoms with Crippen molar-refractivity contribution in [1.29, 1.82) is 0 Å². The van der Waals surface area contributed by atoms with Crippen molar-refractivity contribution < 1.29 is 22.4 Å². The van der Waals surface area contributed by atoms with Crippen LogP contribution in [0.5, 0.6) is 0 Å². The maximum Gasteiger partial charge on any atom is 0.317 e. The van der Waals surface area contributed by atoms with Gasteiger partial charge in [0.05, 0.1) is 16.7 Å². The number of amides is 1. The Kier molecular flexibility index (Phi) is 4.33. The number of carbonyl (C=O) groups is 1. The van der Waals surface area contributed by atoms with Crippen LogP contribution >= 0.6 is 0 Å². The van der Waals surface area contributed by atoms with Crippen molar-refractivity contribution in [2.45, 2.75) is 6.54 Å². The van der Waals surface area contributed by atoms with Crippen LogP contribution in [-0.4, -0.2) is 15.5 Å². The van der Waals surface area contributed by atoms with Gasteiger partial charge in [-0.25, -0.2) is 17.6 Å². The van der Waals surface area contributed by atoms with Crippen molar-refractivity contribution in [3.8, 4) is 0 Å². The average molecular weight is 367 g/mol. The van der Waals surface area contributed by atoms with E-state index in [1.165, 1.54) is 6.07 Å². The van der Waals surface area contributed by atoms with E-state index in [1.807, 2.05) is 5.32 Å². The largest absolute Gasteiger partial charge is 0.322 e. The number of hydrogen-bond acceptors (Lipinski definition) is 3. The minimum Gasteiger partial charge on any atom is -0.322 e. The molecule has 1 heterocycles. The smallest absolute Gasteiger partial charge is 0.317 e. The van der Waals surface area contributed by atoms with Gasteiger partial charge in [-0.05, 0) is 30.3 Å². The topological polar surface area (TPSA) is 84.0 Å². The van der Waals surface area contributed by atoms with Crippen LogP contribution < -0.4 is 16.4 Å². The molecule has 1 amide bonds. The summed E-state index contributed by atoms with van der Waals surface area (Å²) < 4.78 is 53.7. The molecule has 6 nitrogen and oxygen atoms in total. The molecular formula is C16H9F4N3O3. The molecule has 1 aromatic heterocycles. The Balaban J connectivity index is 1.98. The molecule has 0 saturated heterocycles. The third-order valence-corrected chi connectivity index (χ3v) is 3.55. The number of aromatic amines is 1. The number of nitrogens with zero attached hydrogens (tertiary/aromatic N) is 1. The van der Waals surface area contributed by atoms with Gasteiger partial charge in [0.2, 0.25) is 5.91 Å². The molecule has 26 heavy (non-hydrogen) atoms. The molecule has 134 valence electrons. The maximum atomic E-state index is 13.6. The van der Waals surface area contributed by atoms with Gasteiger partial charge in [0.25, 0.3) is 0 Å². The fourth-order valence-corrected chi connectivity index (χ4v) is 2.36. The number of carbonyl (C=O) groups excluding carboxylic acids is 1. The summed E-state index contributed by atoms with van der Waals surface area (Å²) in [6.07, 6.45) is 0. The van der Waals surface area contributed by atoms with Crippen LogP contribution in [0.15, 0.2) is 39.9 Å². The molecule has 2 N–H and O–H groups in total. The third-order valence-electron chi connectivity index (χ3n) is 3.55. The number of H-pyrrole nitrogens is 1. The van der Waals surface area contributed by atoms with Crippen LogP contribution in [0, 0.1) is 23.3 Å². The van der Waals surface area contributed by atoms with Crippen LogP contribution in [0.25, 0.3) is 11.0 Å². The van der Waals surface area contributed by atoms with Crippen molar-refractivity contribution in [2.24, 2.45) is 0 Å². The van der Waals surface area contributed by atoms with Crippen molar-refractivity contribution >= 4 is 22.6 Å². The fraction of sp³-hybridized carbons (Fsp3) is 0.0625. The summed E-state index contributed by atoms with van der Waals surface area (Å²) in [5, 5.41) is 1.98. The second kappa shape index (κ2) is 6.47. The van der Waals surface area contributed by atoms with Crippen LogP contribution in [0.2, 0.25) is 0 Å². The molecule has 0 fully saturated rings. The molecule has 2 aromatic carbocycles. The second-order valence-electron chi connectivity index (χ2n) is 5.28. The van der Waals surface area contributed by atoms with Gasteiger partial charge < -0.3 is 10.3 Å². The molecule has 10 heteroatoms. The number of halogens is 4. The average Bonchev–Trinajstić information content (AvgIpc) is 2.59. The SMILES string of the molecule is O=C(Cn1c(=O)c(=O)[nH]c2cc(F)ccc21)Nc1ccc(F)c(F)c1F. The van der Waals surface area contributed by atoms with Gasteiger partial charge in [-0.1, -0.05) is 0 Å². The van der Waals surface area contributed by atoms with E-state index in [1.54, 1.807) is 0 Å². The first-order chi connectivity index (χ1) is 12.3. The number of nitrogens with one attached hydrogen (secondary N) is 2. The molecule has 0 radical (unpaired) electrons. The summed E-state index contributed by atoms with van der Waals surface area (Å²) in [7, 11) is 0. The monoisotopic (exact) mass is 367 g/mol. The van der Waals surface area contributed by atoms with E-state index in [0.717, 1.165) is 22.8 Å². The van der Waals surface area contributed by atoms with Crippen LogP contribution in [-0.2, 0) is 11.3 Å². The van der Waals surface area contributed by atoms with Gasteiger partial charge in [0.15, 0.2) is 17.5 Å². The predicted molar refractivity (Wildman–Crippen MR) is 83.7 cm³/mol. The highest BCUT2D eigenvalue weighted by Gasteiger charge is 2.17. The molecule has 0 aliphatic rings. The fourth-order valence-electron chi connectivity index (χ4n) is 2.36. The first-order valence-corrected chi connectivity index (χ1v) is 7.13. The normalized spacial score (nSPS) is 10.9. The lowest BCUT2D eigenvalue weighted by atomic mass is 10.2. The van der Waals surface area contributed by atoms with E-state index < -0.39 is 52.5 Å². The Hall–Kier alpha value is -3.43. The first-order valence-electron chi connectivity index (χ1n) is 7.13. The molecular weight excluding hydrogens is 358 g/mol. The number of benzene rings is 2. The minimum absolute atomic E-state index is 0.0265. The Morgan fingerprint density at radius 3 is 2.50 bits per heavy atom. The third kappa shape index (κ3) is 3.08. The Bertz CT molecular complexity index is 1150. The summed E-state index contributed by atoms with van der Waals surface area (Å²) in [6, 6.07) is 4.57. The molecule has 3 rings (SSSR count). The highest BCUT2D eigenvalue weighted by molar-refractivity contribution is 5.91. The zero-order valence-corrected chi connectivity index (χ0v) is 12.8. The standard InChI is InChI=1S/C16H9F4N3O3/c17-7-1-4-11-10(5-7)22-15(25)16(26)23(11)6-12(24)21-9-3-2-8(18)13(19)14(9)20/h1-5H,6H2,(H,21,24)(H,22,25). The molecule has 0 spiro atoms. The molecule has 0 bridgehead atoms. The molecule has 0 aliphatic heterocycles. The lowest BCUT2D eigenvalue weighted by Gasteiger charge is -2.11. The number of anilines is 1. The van der Waals surface area contributed by atoms with Crippen molar-refractivity contribution in [3.05, 3.63) is 74.3 Å². The van der Waals surface area contributed by atoms with E-state index in [2.05, 4.69) is 4.98 Å². The minimum atomic E-state index is -1.77. The highest BCUT2D eigenvalue weighted by atomic mass is 19.2. The quantitative estimate of drug-likeness (QED) is 0.421. The van der Waals surface area contributed by atoms with E-state index in [4.69, 9.17) is 0 Å². The molecule has 0 unspecified atom stereocenters. The Morgan fingerprint density at radius 1 is 1.04 bits per heavy atom.